The molecular formula is C23H28N2O4S. The van der Waals surface area contributed by atoms with E-state index in [1.807, 2.05) is 53.4 Å². The maximum Gasteiger partial charge on any atom is 0.233 e. The molecule has 1 amide bonds. The number of thioether (sulfide) groups is 1. The molecule has 30 heavy (non-hydrogen) atoms. The van der Waals surface area contributed by atoms with Gasteiger partial charge in [-0.25, -0.2) is 0 Å². The number of fused-ring (bicyclic) bond motifs is 1. The zero-order chi connectivity index (χ0) is 20.6. The standard InChI is InChI=1S/C23H28N2O4S/c26-23(18-30-20-7-8-21-22(17-20)29-15-4-14-28-21)25-11-9-24(10-12-25)13-16-27-19-5-2-1-3-6-19/h1-3,5-8,17H,4,9-16,18H2. The van der Waals surface area contributed by atoms with Gasteiger partial charge in [-0.15, -0.1) is 11.8 Å². The van der Waals surface area contributed by atoms with Gasteiger partial charge in [-0.05, 0) is 30.3 Å². The van der Waals surface area contributed by atoms with Crippen LogP contribution in [0.5, 0.6) is 17.2 Å². The summed E-state index contributed by atoms with van der Waals surface area (Å²) < 4.78 is 17.2. The fourth-order valence-corrected chi connectivity index (χ4v) is 4.33. The van der Waals surface area contributed by atoms with Crippen molar-refractivity contribution in [3.8, 4) is 17.2 Å². The van der Waals surface area contributed by atoms with Crippen LogP contribution in [0.15, 0.2) is 53.4 Å². The average molecular weight is 429 g/mol. The lowest BCUT2D eigenvalue weighted by atomic mass is 10.3. The van der Waals surface area contributed by atoms with Crippen LogP contribution in [-0.4, -0.2) is 74.0 Å². The van der Waals surface area contributed by atoms with Crippen molar-refractivity contribution in [3.05, 3.63) is 48.5 Å². The molecule has 1 fully saturated rings. The quantitative estimate of drug-likeness (QED) is 0.632. The third kappa shape index (κ3) is 5.83. The van der Waals surface area contributed by atoms with E-state index in [-0.39, 0.29) is 5.91 Å². The molecule has 0 radical (unpaired) electrons. The van der Waals surface area contributed by atoms with Crippen LogP contribution in [0.3, 0.4) is 0 Å². The van der Waals surface area contributed by atoms with E-state index in [0.717, 1.165) is 61.3 Å². The Morgan fingerprint density at radius 1 is 0.967 bits per heavy atom. The van der Waals surface area contributed by atoms with Crippen molar-refractivity contribution in [2.24, 2.45) is 0 Å². The van der Waals surface area contributed by atoms with Crippen LogP contribution < -0.4 is 14.2 Å². The second kappa shape index (κ2) is 10.6. The van der Waals surface area contributed by atoms with Gasteiger partial charge in [-0.3, -0.25) is 9.69 Å². The largest absolute Gasteiger partial charge is 0.492 e. The first-order valence-electron chi connectivity index (χ1n) is 10.5. The number of carbonyl (C=O) groups excluding carboxylic acids is 1. The highest BCUT2D eigenvalue weighted by atomic mass is 32.2. The first-order valence-corrected chi connectivity index (χ1v) is 11.5. The molecule has 6 nitrogen and oxygen atoms in total. The topological polar surface area (TPSA) is 51.2 Å². The Morgan fingerprint density at radius 3 is 2.53 bits per heavy atom. The Hall–Kier alpha value is -2.38. The summed E-state index contributed by atoms with van der Waals surface area (Å²) in [5, 5.41) is 0. The molecule has 1 saturated heterocycles. The van der Waals surface area contributed by atoms with Gasteiger partial charge in [0.15, 0.2) is 11.5 Å². The molecule has 0 N–H and O–H groups in total. The number of carbonyl (C=O) groups is 1. The van der Waals surface area contributed by atoms with E-state index in [0.29, 0.717) is 25.6 Å². The highest BCUT2D eigenvalue weighted by Crippen LogP contribution is 2.34. The van der Waals surface area contributed by atoms with Crippen molar-refractivity contribution in [2.45, 2.75) is 11.3 Å². The lowest BCUT2D eigenvalue weighted by Gasteiger charge is -2.34. The summed E-state index contributed by atoms with van der Waals surface area (Å²) in [7, 11) is 0. The number of rotatable bonds is 7. The van der Waals surface area contributed by atoms with Crippen LogP contribution >= 0.6 is 11.8 Å². The van der Waals surface area contributed by atoms with Gasteiger partial charge >= 0.3 is 0 Å². The maximum atomic E-state index is 12.6. The molecule has 2 aliphatic rings. The maximum absolute atomic E-state index is 12.6. The van der Waals surface area contributed by atoms with Crippen molar-refractivity contribution < 1.29 is 19.0 Å². The van der Waals surface area contributed by atoms with Crippen molar-refractivity contribution in [2.75, 3.05) is 58.3 Å². The Balaban J connectivity index is 1.17. The van der Waals surface area contributed by atoms with Gasteiger partial charge in [0, 0.05) is 44.0 Å². The third-order valence-corrected chi connectivity index (χ3v) is 6.20. The zero-order valence-electron chi connectivity index (χ0n) is 17.1. The number of ether oxygens (including phenoxy) is 3. The number of benzene rings is 2. The van der Waals surface area contributed by atoms with Crippen LogP contribution in [-0.2, 0) is 4.79 Å². The highest BCUT2D eigenvalue weighted by molar-refractivity contribution is 8.00. The molecule has 4 rings (SSSR count). The molecule has 2 aromatic rings. The Kier molecular flexibility index (Phi) is 7.37. The summed E-state index contributed by atoms with van der Waals surface area (Å²) in [5.74, 6) is 3.09. The van der Waals surface area contributed by atoms with Gasteiger partial charge in [-0.2, -0.15) is 0 Å². The molecule has 0 aliphatic carbocycles. The van der Waals surface area contributed by atoms with Crippen molar-refractivity contribution in [1.29, 1.82) is 0 Å². The van der Waals surface area contributed by atoms with E-state index >= 15 is 0 Å². The predicted octanol–water partition coefficient (Wildman–Crippen LogP) is 3.16. The number of nitrogens with zero attached hydrogens (tertiary/aromatic N) is 2. The molecule has 7 heteroatoms. The second-order valence-corrected chi connectivity index (χ2v) is 8.38. The second-order valence-electron chi connectivity index (χ2n) is 7.33. The summed E-state index contributed by atoms with van der Waals surface area (Å²) in [6.07, 6.45) is 0.889. The minimum absolute atomic E-state index is 0.187. The highest BCUT2D eigenvalue weighted by Gasteiger charge is 2.21. The first kappa shape index (κ1) is 20.9. The number of amides is 1. The number of piperazine rings is 1. The number of para-hydroxylation sites is 1. The zero-order valence-corrected chi connectivity index (χ0v) is 17.9. The van der Waals surface area contributed by atoms with E-state index in [1.165, 1.54) is 0 Å². The Morgan fingerprint density at radius 2 is 1.73 bits per heavy atom. The summed E-state index contributed by atoms with van der Waals surface area (Å²) in [6.45, 7) is 6.21. The van der Waals surface area contributed by atoms with E-state index in [4.69, 9.17) is 14.2 Å². The molecule has 2 aliphatic heterocycles. The van der Waals surface area contributed by atoms with Crippen LogP contribution in [0.4, 0.5) is 0 Å². The van der Waals surface area contributed by atoms with Crippen LogP contribution in [0.2, 0.25) is 0 Å². The molecule has 0 atom stereocenters. The SMILES string of the molecule is O=C(CSc1ccc2c(c1)OCCCO2)N1CCN(CCOc2ccccc2)CC1. The van der Waals surface area contributed by atoms with E-state index < -0.39 is 0 Å². The molecule has 0 bridgehead atoms. The monoisotopic (exact) mass is 428 g/mol. The van der Waals surface area contributed by atoms with Gasteiger partial charge < -0.3 is 19.1 Å². The first-order chi connectivity index (χ1) is 14.8. The summed E-state index contributed by atoms with van der Waals surface area (Å²) in [6, 6.07) is 15.8. The van der Waals surface area contributed by atoms with Crippen LogP contribution in [0.25, 0.3) is 0 Å². The van der Waals surface area contributed by atoms with Gasteiger partial charge in [0.05, 0.1) is 19.0 Å². The molecule has 0 saturated carbocycles. The van der Waals surface area contributed by atoms with Crippen LogP contribution in [0.1, 0.15) is 6.42 Å². The predicted molar refractivity (Wildman–Crippen MR) is 118 cm³/mol. The molecular weight excluding hydrogens is 400 g/mol. The van der Waals surface area contributed by atoms with Gasteiger partial charge in [0.25, 0.3) is 0 Å². The fourth-order valence-electron chi connectivity index (χ4n) is 3.50. The lowest BCUT2D eigenvalue weighted by molar-refractivity contribution is -0.130. The Labute approximate surface area is 182 Å². The minimum atomic E-state index is 0.187. The minimum Gasteiger partial charge on any atom is -0.492 e. The summed E-state index contributed by atoms with van der Waals surface area (Å²) in [4.78, 5) is 18.0. The fraction of sp³-hybridized carbons (Fsp3) is 0.435. The van der Waals surface area contributed by atoms with Gasteiger partial charge in [-0.1, -0.05) is 18.2 Å². The van der Waals surface area contributed by atoms with Gasteiger partial charge in [0.2, 0.25) is 5.91 Å². The molecule has 0 unspecified atom stereocenters. The normalized spacial score (nSPS) is 16.7. The molecule has 2 heterocycles. The third-order valence-electron chi connectivity index (χ3n) is 5.23. The molecule has 0 aromatic heterocycles. The van der Waals surface area contributed by atoms with Crippen molar-refractivity contribution in [3.63, 3.8) is 0 Å². The smallest absolute Gasteiger partial charge is 0.233 e. The summed E-state index contributed by atoms with van der Waals surface area (Å²) in [5.41, 5.74) is 0. The molecule has 2 aromatic carbocycles. The van der Waals surface area contributed by atoms with Crippen molar-refractivity contribution in [1.82, 2.24) is 9.80 Å². The van der Waals surface area contributed by atoms with Crippen molar-refractivity contribution >= 4 is 17.7 Å². The van der Waals surface area contributed by atoms with Crippen LogP contribution in [0, 0.1) is 0 Å². The lowest BCUT2D eigenvalue weighted by Crippen LogP contribution is -2.50. The number of hydrogen-bond donors (Lipinski definition) is 0. The van der Waals surface area contributed by atoms with E-state index in [1.54, 1.807) is 11.8 Å². The van der Waals surface area contributed by atoms with E-state index in [9.17, 15) is 4.79 Å². The van der Waals surface area contributed by atoms with E-state index in [2.05, 4.69) is 4.90 Å². The molecule has 160 valence electrons. The summed E-state index contributed by atoms with van der Waals surface area (Å²) >= 11 is 1.55. The Bertz CT molecular complexity index is 825. The average Bonchev–Trinajstić information content (AvgIpc) is 3.04. The number of hydrogen-bond acceptors (Lipinski definition) is 6. The van der Waals surface area contributed by atoms with Gasteiger partial charge in [0.1, 0.15) is 12.4 Å². The molecule has 0 spiro atoms.